The van der Waals surface area contributed by atoms with Gasteiger partial charge in [-0.2, -0.15) is 0 Å². The van der Waals surface area contributed by atoms with Gasteiger partial charge in [-0.05, 0) is 26.8 Å². The minimum absolute atomic E-state index is 0. The van der Waals surface area contributed by atoms with Crippen molar-refractivity contribution in [3.05, 3.63) is 0 Å². The van der Waals surface area contributed by atoms with Crippen molar-refractivity contribution in [2.75, 3.05) is 6.54 Å². The van der Waals surface area contributed by atoms with Gasteiger partial charge in [0.1, 0.15) is 5.00 Å². The van der Waals surface area contributed by atoms with Crippen LogP contribution in [-0.4, -0.2) is 16.4 Å². The molecule has 2 atom stereocenters. The van der Waals surface area contributed by atoms with E-state index in [1.807, 2.05) is 0 Å². The molecule has 0 aliphatic heterocycles. The smallest absolute Gasteiger partial charge is 0.107 e. The van der Waals surface area contributed by atoms with Crippen LogP contribution in [0.3, 0.4) is 0 Å². The first-order valence-corrected chi connectivity index (χ1v) is 3.93. The van der Waals surface area contributed by atoms with Gasteiger partial charge in [0.05, 0.1) is 4.87 Å². The van der Waals surface area contributed by atoms with Gasteiger partial charge < -0.3 is 11.5 Å². The first-order chi connectivity index (χ1) is 4.31. The molecule has 0 heterocycles. The fourth-order valence-electron chi connectivity index (χ4n) is 0.515. The van der Waals surface area contributed by atoms with Crippen LogP contribution in [0.4, 0.5) is 0 Å². The van der Waals surface area contributed by atoms with Crippen molar-refractivity contribution in [3.63, 3.8) is 0 Å². The predicted molar refractivity (Wildman–Crippen MR) is 46.4 cm³/mol. The summed E-state index contributed by atoms with van der Waals surface area (Å²) in [5.41, 5.74) is 10.9. The zero-order valence-electron chi connectivity index (χ0n) is 6.64. The molecule has 0 aromatic carbocycles. The van der Waals surface area contributed by atoms with E-state index in [9.17, 15) is 0 Å². The van der Waals surface area contributed by atoms with E-state index in [0.717, 1.165) is 0 Å². The SMILES string of the molecule is CC(N)(Cl)C(C)(Cl)CCN.[Pt]. The molecular weight excluding hydrogens is 366 g/mol. The third-order valence-electron chi connectivity index (χ3n) is 1.63. The monoisotopic (exact) mass is 379 g/mol. The molecule has 2 nitrogen and oxygen atoms in total. The molecule has 5 heteroatoms. The van der Waals surface area contributed by atoms with Crippen molar-refractivity contribution in [3.8, 4) is 0 Å². The molecular formula is C6H14Cl2N2Pt. The van der Waals surface area contributed by atoms with Crippen molar-refractivity contribution < 1.29 is 21.1 Å². The summed E-state index contributed by atoms with van der Waals surface area (Å²) in [6.07, 6.45) is 0.616. The third-order valence-corrected chi connectivity index (χ3v) is 2.73. The fourth-order valence-corrected chi connectivity index (χ4v) is 0.719. The first-order valence-electron chi connectivity index (χ1n) is 3.18. The molecule has 0 radical (unpaired) electrons. The van der Waals surface area contributed by atoms with Crippen LogP contribution in [0.1, 0.15) is 20.3 Å². The number of hydrogen-bond acceptors (Lipinski definition) is 2. The molecule has 0 aliphatic carbocycles. The van der Waals surface area contributed by atoms with E-state index in [1.54, 1.807) is 13.8 Å². The Kier molecular flexibility index (Phi) is 6.73. The van der Waals surface area contributed by atoms with Gasteiger partial charge in [-0.15, -0.1) is 23.2 Å². The molecule has 0 saturated carbocycles. The maximum Gasteiger partial charge on any atom is 0.107 e. The molecule has 0 saturated heterocycles. The zero-order valence-corrected chi connectivity index (χ0v) is 10.4. The minimum atomic E-state index is -0.895. The van der Waals surface area contributed by atoms with Gasteiger partial charge in [0.15, 0.2) is 0 Å². The molecule has 72 valence electrons. The Balaban J connectivity index is 0. The van der Waals surface area contributed by atoms with Crippen molar-refractivity contribution in [2.24, 2.45) is 11.5 Å². The van der Waals surface area contributed by atoms with E-state index < -0.39 is 9.87 Å². The topological polar surface area (TPSA) is 52.0 Å². The Labute approximate surface area is 92.2 Å². The van der Waals surface area contributed by atoms with Crippen molar-refractivity contribution in [1.29, 1.82) is 0 Å². The number of rotatable bonds is 3. The molecule has 0 rings (SSSR count). The number of halogens is 2. The summed E-state index contributed by atoms with van der Waals surface area (Å²) in [5.74, 6) is 0. The summed E-state index contributed by atoms with van der Waals surface area (Å²) in [4.78, 5) is -1.52. The second-order valence-corrected chi connectivity index (χ2v) is 4.43. The van der Waals surface area contributed by atoms with Gasteiger partial charge in [0.25, 0.3) is 0 Å². The maximum atomic E-state index is 5.98. The summed E-state index contributed by atoms with van der Waals surface area (Å²) in [5, 5.41) is 0. The molecule has 2 unspecified atom stereocenters. The minimum Gasteiger partial charge on any atom is -0.330 e. The Bertz CT molecular complexity index is 112. The van der Waals surface area contributed by atoms with Crippen LogP contribution in [0.5, 0.6) is 0 Å². The van der Waals surface area contributed by atoms with E-state index in [0.29, 0.717) is 13.0 Å². The van der Waals surface area contributed by atoms with E-state index in [2.05, 4.69) is 0 Å². The molecule has 4 N–H and O–H groups in total. The van der Waals surface area contributed by atoms with Crippen LogP contribution >= 0.6 is 23.2 Å². The maximum absolute atomic E-state index is 5.98. The number of alkyl halides is 2. The van der Waals surface area contributed by atoms with Crippen LogP contribution in [0.25, 0.3) is 0 Å². The van der Waals surface area contributed by atoms with Gasteiger partial charge in [0, 0.05) is 21.1 Å². The molecule has 11 heavy (non-hydrogen) atoms. The van der Waals surface area contributed by atoms with Crippen LogP contribution in [0.15, 0.2) is 0 Å². The van der Waals surface area contributed by atoms with Gasteiger partial charge in [-0.3, -0.25) is 0 Å². The molecule has 0 aromatic heterocycles. The number of hydrogen-bond donors (Lipinski definition) is 2. The van der Waals surface area contributed by atoms with Crippen molar-refractivity contribution in [1.82, 2.24) is 0 Å². The predicted octanol–water partition coefficient (Wildman–Crippen LogP) is 1.24. The largest absolute Gasteiger partial charge is 0.330 e. The van der Waals surface area contributed by atoms with Gasteiger partial charge >= 0.3 is 0 Å². The third kappa shape index (κ3) is 4.69. The quantitative estimate of drug-likeness (QED) is 0.572. The Hall–Kier alpha value is 1.19. The molecule has 0 amide bonds. The second-order valence-electron chi connectivity index (χ2n) is 2.81. The van der Waals surface area contributed by atoms with E-state index in [1.165, 1.54) is 0 Å². The molecule has 0 aromatic rings. The molecule has 0 bridgehead atoms. The van der Waals surface area contributed by atoms with E-state index >= 15 is 0 Å². The Morgan fingerprint density at radius 3 is 1.73 bits per heavy atom. The molecule has 0 spiro atoms. The summed E-state index contributed by atoms with van der Waals surface area (Å²) in [6.45, 7) is 3.96. The van der Waals surface area contributed by atoms with Gasteiger partial charge in [-0.25, -0.2) is 0 Å². The summed E-state index contributed by atoms with van der Waals surface area (Å²) >= 11 is 11.8. The van der Waals surface area contributed by atoms with E-state index in [-0.39, 0.29) is 21.1 Å². The van der Waals surface area contributed by atoms with Crippen LogP contribution in [-0.2, 0) is 21.1 Å². The van der Waals surface area contributed by atoms with Gasteiger partial charge in [-0.1, -0.05) is 0 Å². The number of nitrogens with two attached hydrogens (primary N) is 2. The summed E-state index contributed by atoms with van der Waals surface area (Å²) in [6, 6.07) is 0. The standard InChI is InChI=1S/C6H14Cl2N2.Pt/c1-5(7,3-4-9)6(2,8)10;/h3-4,9-10H2,1-2H3;. The average molecular weight is 380 g/mol. The van der Waals surface area contributed by atoms with Crippen LogP contribution in [0.2, 0.25) is 0 Å². The van der Waals surface area contributed by atoms with Crippen LogP contribution < -0.4 is 11.5 Å². The Morgan fingerprint density at radius 2 is 1.64 bits per heavy atom. The van der Waals surface area contributed by atoms with Gasteiger partial charge in [0.2, 0.25) is 0 Å². The second kappa shape index (κ2) is 5.03. The molecule has 0 aliphatic rings. The fraction of sp³-hybridized carbons (Fsp3) is 1.00. The summed E-state index contributed by atoms with van der Waals surface area (Å²) in [7, 11) is 0. The zero-order chi connectivity index (χ0) is 8.41. The van der Waals surface area contributed by atoms with Crippen molar-refractivity contribution in [2.45, 2.75) is 30.1 Å². The van der Waals surface area contributed by atoms with E-state index in [4.69, 9.17) is 34.7 Å². The Morgan fingerprint density at radius 1 is 1.27 bits per heavy atom. The average Bonchev–Trinajstić information content (AvgIpc) is 1.61. The normalized spacial score (nSPS) is 21.3. The van der Waals surface area contributed by atoms with Crippen molar-refractivity contribution >= 4 is 23.2 Å². The van der Waals surface area contributed by atoms with Crippen LogP contribution in [0, 0.1) is 0 Å². The molecule has 0 fully saturated rings. The summed E-state index contributed by atoms with van der Waals surface area (Å²) < 4.78 is 0. The first kappa shape index (κ1) is 14.7.